The molecule has 0 radical (unpaired) electrons. The number of para-hydroxylation sites is 2. The second-order valence-electron chi connectivity index (χ2n) is 25.6. The van der Waals surface area contributed by atoms with E-state index in [4.69, 9.17) is 18.5 Å². The Balaban J connectivity index is 1.14. The maximum Gasteiger partial charge on any atom is 0.472 e. The van der Waals surface area contributed by atoms with Crippen LogP contribution in [0.1, 0.15) is 284 Å². The van der Waals surface area contributed by atoms with Gasteiger partial charge < -0.3 is 24.6 Å². The third-order valence-corrected chi connectivity index (χ3v) is 18.5. The summed E-state index contributed by atoms with van der Waals surface area (Å²) in [5.74, 6) is -1.04. The molecule has 484 valence electrons. The van der Waals surface area contributed by atoms with Crippen LogP contribution in [-0.2, 0) is 48.3 Å². The first-order valence-electron chi connectivity index (χ1n) is 34.5. The van der Waals surface area contributed by atoms with Crippen LogP contribution in [0.25, 0.3) is 0 Å². The number of phosphoric ester groups is 1. The zero-order valence-electron chi connectivity index (χ0n) is 55.1. The molecule has 2 heterocycles. The number of anilines is 1. The molecule has 2 atom stereocenters. The number of benzene rings is 2. The molecule has 0 saturated heterocycles. The van der Waals surface area contributed by atoms with E-state index in [0.717, 1.165) is 57.9 Å². The van der Waals surface area contributed by atoms with Crippen molar-refractivity contribution in [3.63, 3.8) is 0 Å². The highest BCUT2D eigenvalue weighted by Gasteiger charge is 2.43. The number of hydrogen-bond donors (Lipinski definition) is 2. The van der Waals surface area contributed by atoms with E-state index in [1.165, 1.54) is 175 Å². The molecular weight excluding hydrogens is 1090 g/mol. The van der Waals surface area contributed by atoms with Gasteiger partial charge in [0, 0.05) is 66.9 Å². The normalized spacial score (nSPS) is 15.9. The Morgan fingerprint density at radius 3 is 1.59 bits per heavy atom. The van der Waals surface area contributed by atoms with Crippen molar-refractivity contribution < 1.29 is 46.9 Å². The van der Waals surface area contributed by atoms with Gasteiger partial charge in [0.2, 0.25) is 11.6 Å². The van der Waals surface area contributed by atoms with Crippen LogP contribution in [-0.4, -0.2) is 79.1 Å². The number of hydrogen-bond acceptors (Lipinski definition) is 9. The van der Waals surface area contributed by atoms with Crippen molar-refractivity contribution in [3.05, 3.63) is 95.7 Å². The minimum Gasteiger partial charge on any atom is -0.462 e. The third-order valence-electron chi connectivity index (χ3n) is 17.6. The third kappa shape index (κ3) is 28.9. The zero-order chi connectivity index (χ0) is 62.1. The molecular formula is C73H119N3O9P+. The van der Waals surface area contributed by atoms with Gasteiger partial charge in [-0.3, -0.25) is 23.4 Å². The summed E-state index contributed by atoms with van der Waals surface area (Å²) in [6, 6.07) is 17.2. The number of unbranched alkanes of at least 4 members (excludes halogenated alkanes) is 30. The monoisotopic (exact) mass is 1210 g/mol. The summed E-state index contributed by atoms with van der Waals surface area (Å²) >= 11 is 0. The summed E-state index contributed by atoms with van der Waals surface area (Å²) in [5.41, 5.74) is 7.32. The van der Waals surface area contributed by atoms with E-state index in [1.807, 2.05) is 0 Å². The average molecular weight is 1210 g/mol. The van der Waals surface area contributed by atoms with Gasteiger partial charge in [-0.05, 0) is 57.2 Å². The lowest BCUT2D eigenvalue weighted by molar-refractivity contribution is -0.401. The van der Waals surface area contributed by atoms with E-state index in [2.05, 4.69) is 142 Å². The molecule has 0 spiro atoms. The summed E-state index contributed by atoms with van der Waals surface area (Å²) in [5, 5.41) is 2.79. The van der Waals surface area contributed by atoms with Gasteiger partial charge in [0.25, 0.3) is 0 Å². The average Bonchev–Trinajstić information content (AvgIpc) is 1.77. The lowest BCUT2D eigenvalue weighted by atomic mass is 9.81. The van der Waals surface area contributed by atoms with Crippen molar-refractivity contribution in [1.29, 1.82) is 0 Å². The molecule has 2 N–H and O–H groups in total. The molecule has 4 rings (SSSR count). The maximum atomic E-state index is 13.0. The molecule has 0 saturated carbocycles. The number of allylic oxidation sites excluding steroid dienone is 6. The summed E-state index contributed by atoms with van der Waals surface area (Å²) in [6.07, 6.45) is 49.7. The standard InChI is InChI=1S/C73H118N3O9P/c1-8-10-12-14-16-18-20-22-24-26-28-30-32-34-41-55-70(78)82-60-62(85-71(79)56-42-35-33-31-29-27-25-23-21-19-17-15-13-11-9-2)61-84-86(80,81)83-59-57-74-69(77)54-40-37-47-58-76-66-51-46-44-49-64(66)73(5,6)68(76)53-39-36-38-52-67-72(3,4)63-48-43-45-50-65(63)75(67)7/h36,38-39,43-46,48-53,62H,8-35,37,40-42,47,54-61H2,1-7H3,(H-,74,77,80,81)/p+1/t62-/m1/s1. The van der Waals surface area contributed by atoms with Crippen LogP contribution < -0.4 is 10.2 Å². The lowest BCUT2D eigenvalue weighted by Gasteiger charge is -2.27. The largest absolute Gasteiger partial charge is 0.472 e. The van der Waals surface area contributed by atoms with Crippen molar-refractivity contribution >= 4 is 42.8 Å². The number of esters is 2. The first-order valence-corrected chi connectivity index (χ1v) is 36.0. The first kappa shape index (κ1) is 74.1. The number of amides is 1. The van der Waals surface area contributed by atoms with Crippen LogP contribution in [0, 0.1) is 0 Å². The van der Waals surface area contributed by atoms with Gasteiger partial charge in [-0.2, -0.15) is 4.58 Å². The molecule has 0 aliphatic carbocycles. The van der Waals surface area contributed by atoms with E-state index < -0.39 is 32.5 Å². The van der Waals surface area contributed by atoms with Crippen LogP contribution in [0.2, 0.25) is 0 Å². The lowest BCUT2D eigenvalue weighted by Crippen LogP contribution is -2.30. The van der Waals surface area contributed by atoms with Crippen LogP contribution in [0.3, 0.4) is 0 Å². The molecule has 0 bridgehead atoms. The smallest absolute Gasteiger partial charge is 0.462 e. The van der Waals surface area contributed by atoms with Crippen molar-refractivity contribution in [3.8, 4) is 0 Å². The van der Waals surface area contributed by atoms with E-state index in [-0.39, 0.29) is 49.3 Å². The van der Waals surface area contributed by atoms with E-state index in [0.29, 0.717) is 25.7 Å². The number of nitrogens with zero attached hydrogens (tertiary/aromatic N) is 2. The number of carbonyl (C=O) groups excluding carboxylic acids is 3. The van der Waals surface area contributed by atoms with Crippen molar-refractivity contribution in [2.75, 3.05) is 44.9 Å². The number of ether oxygens (including phenoxy) is 2. The quantitative estimate of drug-likeness (QED) is 0.0216. The number of carbonyl (C=O) groups is 3. The van der Waals surface area contributed by atoms with Gasteiger partial charge in [-0.1, -0.05) is 269 Å². The Morgan fingerprint density at radius 2 is 1.05 bits per heavy atom. The molecule has 1 amide bonds. The molecule has 2 aromatic carbocycles. The second-order valence-corrected chi connectivity index (χ2v) is 27.1. The summed E-state index contributed by atoms with van der Waals surface area (Å²) < 4.78 is 37.0. The van der Waals surface area contributed by atoms with E-state index in [1.54, 1.807) is 0 Å². The highest BCUT2D eigenvalue weighted by atomic mass is 31.2. The second kappa shape index (κ2) is 43.3. The number of nitrogens with one attached hydrogen (secondary N) is 1. The Morgan fingerprint density at radius 1 is 0.570 bits per heavy atom. The Bertz CT molecular complexity index is 2410. The molecule has 13 heteroatoms. The SMILES string of the molecule is CCCCCCCCCCCCCCCCCC(=O)OC[C@H](COP(=O)(O)OCCNC(=O)CCCCCN1\C(=C/C=C/C=C/C2=[N+](C)c3ccccc3C2(C)C)C(C)(C)c2ccccc21)OC(=O)CCCCCCCCCCCCCCCCC. The van der Waals surface area contributed by atoms with Crippen LogP contribution in [0.4, 0.5) is 11.4 Å². The highest BCUT2D eigenvalue weighted by Crippen LogP contribution is 2.48. The minimum absolute atomic E-state index is 0.0132. The van der Waals surface area contributed by atoms with Crippen molar-refractivity contribution in [1.82, 2.24) is 5.32 Å². The number of fused-ring (bicyclic) bond motifs is 2. The molecule has 0 fully saturated rings. The molecule has 12 nitrogen and oxygen atoms in total. The van der Waals surface area contributed by atoms with Gasteiger partial charge in [0.15, 0.2) is 11.8 Å². The van der Waals surface area contributed by atoms with E-state index >= 15 is 0 Å². The summed E-state index contributed by atoms with van der Waals surface area (Å²) in [6.45, 7) is 13.4. The molecule has 2 aliphatic rings. The Kier molecular flexibility index (Phi) is 37.4. The fourth-order valence-electron chi connectivity index (χ4n) is 12.3. The van der Waals surface area contributed by atoms with Crippen LogP contribution in [0.15, 0.2) is 84.6 Å². The predicted molar refractivity (Wildman–Crippen MR) is 357 cm³/mol. The Hall–Kier alpha value is -4.35. The van der Waals surface area contributed by atoms with Crippen LogP contribution >= 0.6 is 7.82 Å². The molecule has 0 aromatic heterocycles. The van der Waals surface area contributed by atoms with Gasteiger partial charge >= 0.3 is 19.8 Å². The molecule has 2 aliphatic heterocycles. The topological polar surface area (TPSA) is 144 Å². The van der Waals surface area contributed by atoms with Crippen LogP contribution in [0.5, 0.6) is 0 Å². The maximum absolute atomic E-state index is 13.0. The fourth-order valence-corrected chi connectivity index (χ4v) is 13.1. The summed E-state index contributed by atoms with van der Waals surface area (Å²) in [7, 11) is -2.47. The van der Waals surface area contributed by atoms with Gasteiger partial charge in [0.1, 0.15) is 13.7 Å². The molecule has 86 heavy (non-hydrogen) atoms. The highest BCUT2D eigenvalue weighted by molar-refractivity contribution is 7.47. The number of phosphoric acid groups is 1. The predicted octanol–water partition coefficient (Wildman–Crippen LogP) is 19.3. The molecule has 2 aromatic rings. The molecule has 1 unspecified atom stereocenters. The van der Waals surface area contributed by atoms with E-state index in [9.17, 15) is 23.8 Å². The zero-order valence-corrected chi connectivity index (χ0v) is 56.0. The first-order chi connectivity index (χ1) is 41.6. The van der Waals surface area contributed by atoms with Crippen molar-refractivity contribution in [2.45, 2.75) is 290 Å². The fraction of sp³-hybridized carbons (Fsp3) is 0.699. The Labute approximate surface area is 522 Å². The van der Waals surface area contributed by atoms with Gasteiger partial charge in [-0.15, -0.1) is 0 Å². The number of rotatable bonds is 51. The van der Waals surface area contributed by atoms with Gasteiger partial charge in [-0.25, -0.2) is 4.57 Å². The summed E-state index contributed by atoms with van der Waals surface area (Å²) in [4.78, 5) is 51.7. The van der Waals surface area contributed by atoms with Crippen molar-refractivity contribution in [2.24, 2.45) is 0 Å². The minimum atomic E-state index is -4.61. The van der Waals surface area contributed by atoms with Gasteiger partial charge in [0.05, 0.1) is 18.6 Å².